The van der Waals surface area contributed by atoms with Gasteiger partial charge in [0.25, 0.3) is 0 Å². The van der Waals surface area contributed by atoms with Crippen molar-refractivity contribution in [1.29, 1.82) is 0 Å². The van der Waals surface area contributed by atoms with Crippen LogP contribution in [-0.2, 0) is 6.42 Å². The fourth-order valence-corrected chi connectivity index (χ4v) is 3.36. The molecule has 1 unspecified atom stereocenters. The summed E-state index contributed by atoms with van der Waals surface area (Å²) < 4.78 is 5.57. The van der Waals surface area contributed by atoms with Crippen LogP contribution in [0.5, 0.6) is 5.75 Å². The maximum absolute atomic E-state index is 9.81. The second kappa shape index (κ2) is 11.3. The van der Waals surface area contributed by atoms with Crippen molar-refractivity contribution in [2.45, 2.75) is 48.0 Å². The molecule has 0 aliphatic heterocycles. The van der Waals surface area contributed by atoms with Crippen LogP contribution in [0.2, 0.25) is 0 Å². The highest BCUT2D eigenvalue weighted by atomic mass is 16.5. The number of benzene rings is 1. The first kappa shape index (κ1) is 24.3. The molecule has 0 spiro atoms. The van der Waals surface area contributed by atoms with Crippen LogP contribution in [0.4, 0.5) is 0 Å². The second-order valence-electron chi connectivity index (χ2n) is 7.52. The van der Waals surface area contributed by atoms with Gasteiger partial charge in [0.2, 0.25) is 0 Å². The number of aliphatic hydroxyl groups excluding tert-OH is 1. The van der Waals surface area contributed by atoms with Gasteiger partial charge in [-0.15, -0.1) is 0 Å². The monoisotopic (exact) mass is 392 g/mol. The molecule has 0 radical (unpaired) electrons. The summed E-state index contributed by atoms with van der Waals surface area (Å²) in [7, 11) is 1.70. The predicted octanol–water partition coefficient (Wildman–Crippen LogP) is 7.68. The molecule has 0 amide bonds. The third-order valence-electron chi connectivity index (χ3n) is 5.24. The normalized spacial score (nSPS) is 14.2. The van der Waals surface area contributed by atoms with Crippen molar-refractivity contribution in [2.75, 3.05) is 7.11 Å². The van der Waals surface area contributed by atoms with E-state index in [1.165, 1.54) is 11.1 Å². The van der Waals surface area contributed by atoms with E-state index in [2.05, 4.69) is 65.1 Å². The zero-order valence-corrected chi connectivity index (χ0v) is 19.1. The van der Waals surface area contributed by atoms with E-state index in [1.807, 2.05) is 32.1 Å². The van der Waals surface area contributed by atoms with Gasteiger partial charge in [-0.3, -0.25) is 0 Å². The predicted molar refractivity (Wildman–Crippen MR) is 127 cm³/mol. The van der Waals surface area contributed by atoms with E-state index < -0.39 is 0 Å². The van der Waals surface area contributed by atoms with Gasteiger partial charge in [0.15, 0.2) is 0 Å². The van der Waals surface area contributed by atoms with Gasteiger partial charge in [0, 0.05) is 5.57 Å². The first-order chi connectivity index (χ1) is 13.7. The molecular formula is C27H36O2. The minimum atomic E-state index is 0.0293. The number of hydrogen-bond acceptors (Lipinski definition) is 2. The number of ether oxygens (including phenoxy) is 1. The molecule has 0 aromatic heterocycles. The van der Waals surface area contributed by atoms with Gasteiger partial charge in [0.1, 0.15) is 11.5 Å². The molecule has 1 N–H and O–H groups in total. The molecular weight excluding hydrogens is 356 g/mol. The van der Waals surface area contributed by atoms with Crippen LogP contribution in [0.1, 0.15) is 51.3 Å². The first-order valence-electron chi connectivity index (χ1n) is 10.1. The molecule has 1 rings (SSSR count). The Kier molecular flexibility index (Phi) is 9.47. The Morgan fingerprint density at radius 1 is 1.21 bits per heavy atom. The van der Waals surface area contributed by atoms with Gasteiger partial charge < -0.3 is 9.84 Å². The zero-order chi connectivity index (χ0) is 22.1. The molecule has 1 atom stereocenters. The van der Waals surface area contributed by atoms with Crippen LogP contribution in [0.25, 0.3) is 5.57 Å². The van der Waals surface area contributed by atoms with Crippen molar-refractivity contribution in [3.63, 3.8) is 0 Å². The second-order valence-corrected chi connectivity index (χ2v) is 7.52. The van der Waals surface area contributed by atoms with Gasteiger partial charge in [-0.05, 0) is 80.9 Å². The molecule has 0 aliphatic carbocycles. The summed E-state index contributed by atoms with van der Waals surface area (Å²) in [6.07, 6.45) is 11.1. The number of hydrogen-bond donors (Lipinski definition) is 1. The fraction of sp³-hybridized carbons (Fsp3) is 0.333. The highest BCUT2D eigenvalue weighted by Crippen LogP contribution is 2.32. The van der Waals surface area contributed by atoms with E-state index >= 15 is 0 Å². The topological polar surface area (TPSA) is 29.5 Å². The lowest BCUT2D eigenvalue weighted by Crippen LogP contribution is -2.05. The summed E-state index contributed by atoms with van der Waals surface area (Å²) >= 11 is 0. The summed E-state index contributed by atoms with van der Waals surface area (Å²) in [5.41, 5.74) is 7.35. The molecule has 0 heterocycles. The number of rotatable bonds is 9. The summed E-state index contributed by atoms with van der Waals surface area (Å²) in [5.74, 6) is 1.31. The molecule has 2 nitrogen and oxygen atoms in total. The molecule has 0 saturated carbocycles. The molecule has 0 bridgehead atoms. The lowest BCUT2D eigenvalue weighted by Gasteiger charge is -2.19. The average molecular weight is 393 g/mol. The SMILES string of the molecule is C=C(O)/C(=C/C)C(=C)/C=C(\C)c1cc(OC)c(C)cc1CC(C)/C(C)=C/C=C\C. The standard InChI is InChI=1S/C27H36O2/c1-10-12-13-18(3)19(4)15-24-16-22(7)27(29-9)17-26(24)21(6)14-20(5)25(11-2)23(8)28/h10-14,16-17,19,28H,5,8,15H2,1-4,6-7,9H3/b12-10-,18-13+,21-14+,25-11+. The molecule has 1 aromatic carbocycles. The highest BCUT2D eigenvalue weighted by Gasteiger charge is 2.14. The fourth-order valence-electron chi connectivity index (χ4n) is 3.36. The summed E-state index contributed by atoms with van der Waals surface area (Å²) in [5, 5.41) is 9.81. The molecule has 29 heavy (non-hydrogen) atoms. The maximum atomic E-state index is 9.81. The summed E-state index contributed by atoms with van der Waals surface area (Å²) in [6.45, 7) is 20.2. The summed E-state index contributed by atoms with van der Waals surface area (Å²) in [6, 6.07) is 4.32. The van der Waals surface area contributed by atoms with Crippen LogP contribution >= 0.6 is 0 Å². The van der Waals surface area contributed by atoms with Gasteiger partial charge >= 0.3 is 0 Å². The van der Waals surface area contributed by atoms with E-state index in [-0.39, 0.29) is 5.76 Å². The highest BCUT2D eigenvalue weighted by molar-refractivity contribution is 5.73. The zero-order valence-electron chi connectivity index (χ0n) is 19.1. The minimum absolute atomic E-state index is 0.0293. The Bertz CT molecular complexity index is 876. The Morgan fingerprint density at radius 3 is 2.38 bits per heavy atom. The Balaban J connectivity index is 3.42. The number of aryl methyl sites for hydroxylation is 1. The summed E-state index contributed by atoms with van der Waals surface area (Å²) in [4.78, 5) is 0. The van der Waals surface area contributed by atoms with Crippen molar-refractivity contribution in [2.24, 2.45) is 5.92 Å². The number of methoxy groups -OCH3 is 1. The third kappa shape index (κ3) is 6.67. The van der Waals surface area contributed by atoms with E-state index in [9.17, 15) is 5.11 Å². The molecule has 1 aromatic rings. The average Bonchev–Trinajstić information content (AvgIpc) is 2.66. The Morgan fingerprint density at radius 2 is 1.86 bits per heavy atom. The van der Waals surface area contributed by atoms with Crippen LogP contribution < -0.4 is 4.74 Å². The largest absolute Gasteiger partial charge is 0.508 e. The van der Waals surface area contributed by atoms with Gasteiger partial charge in [0.05, 0.1) is 7.11 Å². The van der Waals surface area contributed by atoms with Crippen molar-refractivity contribution >= 4 is 5.57 Å². The molecule has 0 saturated heterocycles. The Hall–Kier alpha value is -2.74. The van der Waals surface area contributed by atoms with Crippen molar-refractivity contribution in [3.8, 4) is 5.75 Å². The van der Waals surface area contributed by atoms with Crippen LogP contribution in [-0.4, -0.2) is 12.2 Å². The number of allylic oxidation sites excluding steroid dienone is 8. The van der Waals surface area contributed by atoms with E-state index in [0.717, 1.165) is 34.4 Å². The lowest BCUT2D eigenvalue weighted by atomic mass is 9.87. The quantitative estimate of drug-likeness (QED) is 0.345. The smallest absolute Gasteiger partial charge is 0.122 e. The lowest BCUT2D eigenvalue weighted by molar-refractivity contribution is 0.411. The van der Waals surface area contributed by atoms with Crippen LogP contribution in [0, 0.1) is 12.8 Å². The van der Waals surface area contributed by atoms with Crippen molar-refractivity contribution in [3.05, 3.63) is 94.8 Å². The molecule has 0 fully saturated rings. The number of aliphatic hydroxyl groups is 1. The van der Waals surface area contributed by atoms with Gasteiger partial charge in [-0.25, -0.2) is 0 Å². The molecule has 156 valence electrons. The van der Waals surface area contributed by atoms with Crippen LogP contribution in [0.15, 0.2) is 78.1 Å². The molecule has 0 aliphatic rings. The maximum Gasteiger partial charge on any atom is 0.122 e. The van der Waals surface area contributed by atoms with Crippen molar-refractivity contribution in [1.82, 2.24) is 0 Å². The third-order valence-corrected chi connectivity index (χ3v) is 5.24. The van der Waals surface area contributed by atoms with Gasteiger partial charge in [-0.1, -0.05) is 62.1 Å². The van der Waals surface area contributed by atoms with E-state index in [1.54, 1.807) is 7.11 Å². The van der Waals surface area contributed by atoms with E-state index in [4.69, 9.17) is 4.74 Å². The van der Waals surface area contributed by atoms with E-state index in [0.29, 0.717) is 11.5 Å². The van der Waals surface area contributed by atoms with Gasteiger partial charge in [-0.2, -0.15) is 0 Å². The first-order valence-corrected chi connectivity index (χ1v) is 10.1. The Labute approximate surface area is 177 Å². The minimum Gasteiger partial charge on any atom is -0.508 e. The molecule has 2 heteroatoms. The van der Waals surface area contributed by atoms with Crippen LogP contribution in [0.3, 0.4) is 0 Å². The van der Waals surface area contributed by atoms with Crippen molar-refractivity contribution < 1.29 is 9.84 Å².